The van der Waals surface area contributed by atoms with Crippen LogP contribution in [-0.2, 0) is 6.54 Å². The summed E-state index contributed by atoms with van der Waals surface area (Å²) in [6, 6.07) is 0. The van der Waals surface area contributed by atoms with Crippen LogP contribution >= 0.6 is 12.4 Å². The van der Waals surface area contributed by atoms with Gasteiger partial charge in [-0.05, 0) is 12.5 Å². The Morgan fingerprint density at radius 3 is 2.44 bits per heavy atom. The second kappa shape index (κ2) is 3.54. The first kappa shape index (κ1) is 8.53. The van der Waals surface area contributed by atoms with Crippen molar-refractivity contribution in [1.82, 2.24) is 0 Å². The van der Waals surface area contributed by atoms with E-state index in [1.165, 1.54) is 0 Å². The second-order valence-electron chi connectivity index (χ2n) is 1.78. The molecule has 0 aliphatic rings. The van der Waals surface area contributed by atoms with Crippen molar-refractivity contribution in [2.24, 2.45) is 5.73 Å². The van der Waals surface area contributed by atoms with Crippen LogP contribution in [-0.4, -0.2) is 0 Å². The predicted molar refractivity (Wildman–Crippen MR) is 38.6 cm³/mol. The van der Waals surface area contributed by atoms with Crippen molar-refractivity contribution in [2.45, 2.75) is 13.5 Å². The number of halogens is 1. The molecule has 0 radical (unpaired) electrons. The van der Waals surface area contributed by atoms with Crippen molar-refractivity contribution >= 4 is 12.4 Å². The maximum absolute atomic E-state index is 5.34. The Balaban J connectivity index is 0.000000640. The van der Waals surface area contributed by atoms with E-state index in [1.54, 1.807) is 12.5 Å². The zero-order valence-corrected chi connectivity index (χ0v) is 6.07. The lowest BCUT2D eigenvalue weighted by molar-refractivity contribution is 0.562. The van der Waals surface area contributed by atoms with Gasteiger partial charge in [-0.15, -0.1) is 12.4 Å². The van der Waals surface area contributed by atoms with Crippen LogP contribution in [0.25, 0.3) is 0 Å². The summed E-state index contributed by atoms with van der Waals surface area (Å²) < 4.78 is 4.86. The molecule has 0 amide bonds. The van der Waals surface area contributed by atoms with E-state index in [0.717, 1.165) is 11.1 Å². The number of rotatable bonds is 1. The van der Waals surface area contributed by atoms with E-state index >= 15 is 0 Å². The summed E-state index contributed by atoms with van der Waals surface area (Å²) in [6.07, 6.45) is 3.37. The minimum Gasteiger partial charge on any atom is -0.472 e. The fraction of sp³-hybridized carbons (Fsp3) is 0.333. The predicted octanol–water partition coefficient (Wildman–Crippen LogP) is 1.47. The summed E-state index contributed by atoms with van der Waals surface area (Å²) in [5.74, 6) is 0. The molecule has 0 atom stereocenters. The molecular weight excluding hydrogens is 138 g/mol. The molecular formula is C6H10ClNO. The van der Waals surface area contributed by atoms with E-state index in [4.69, 9.17) is 10.2 Å². The number of furan rings is 1. The highest BCUT2D eigenvalue weighted by atomic mass is 35.5. The monoisotopic (exact) mass is 147 g/mol. The molecule has 0 spiro atoms. The quantitative estimate of drug-likeness (QED) is 0.654. The van der Waals surface area contributed by atoms with E-state index < -0.39 is 0 Å². The molecule has 0 bridgehead atoms. The number of nitrogens with two attached hydrogens (primary N) is 1. The third-order valence-electron chi connectivity index (χ3n) is 1.18. The normalized spacial score (nSPS) is 8.67. The van der Waals surface area contributed by atoms with Crippen molar-refractivity contribution in [2.75, 3.05) is 0 Å². The lowest BCUT2D eigenvalue weighted by Gasteiger charge is -1.85. The minimum atomic E-state index is 0. The molecule has 9 heavy (non-hydrogen) atoms. The van der Waals surface area contributed by atoms with Crippen LogP contribution in [0.4, 0.5) is 0 Å². The van der Waals surface area contributed by atoms with Crippen molar-refractivity contribution in [3.63, 3.8) is 0 Å². The Kier molecular flexibility index (Phi) is 3.35. The van der Waals surface area contributed by atoms with Crippen LogP contribution in [0.5, 0.6) is 0 Å². The second-order valence-corrected chi connectivity index (χ2v) is 1.78. The molecule has 3 heteroatoms. The van der Waals surface area contributed by atoms with Gasteiger partial charge in [0.15, 0.2) is 0 Å². The number of hydrogen-bond donors (Lipinski definition) is 1. The Labute approximate surface area is 60.4 Å². The first-order chi connectivity index (χ1) is 3.84. The van der Waals surface area contributed by atoms with E-state index in [1.807, 2.05) is 6.92 Å². The Bertz CT molecular complexity index is 173. The van der Waals surface area contributed by atoms with Gasteiger partial charge in [0.1, 0.15) is 0 Å². The third kappa shape index (κ3) is 1.73. The lowest BCUT2D eigenvalue weighted by atomic mass is 10.2. The van der Waals surface area contributed by atoms with Gasteiger partial charge < -0.3 is 10.2 Å². The molecule has 0 fully saturated rings. The molecule has 1 heterocycles. The number of hydrogen-bond acceptors (Lipinski definition) is 2. The summed E-state index contributed by atoms with van der Waals surface area (Å²) in [5.41, 5.74) is 7.56. The SMILES string of the molecule is Cc1cocc1CN.Cl. The highest BCUT2D eigenvalue weighted by molar-refractivity contribution is 5.85. The van der Waals surface area contributed by atoms with E-state index in [9.17, 15) is 0 Å². The third-order valence-corrected chi connectivity index (χ3v) is 1.18. The topological polar surface area (TPSA) is 39.2 Å². The Morgan fingerprint density at radius 1 is 1.56 bits per heavy atom. The summed E-state index contributed by atoms with van der Waals surface area (Å²) in [4.78, 5) is 0. The van der Waals surface area contributed by atoms with Crippen LogP contribution in [0.15, 0.2) is 16.9 Å². The van der Waals surface area contributed by atoms with Gasteiger partial charge in [-0.1, -0.05) is 0 Å². The van der Waals surface area contributed by atoms with Gasteiger partial charge in [-0.25, -0.2) is 0 Å². The first-order valence-electron chi connectivity index (χ1n) is 2.56. The summed E-state index contributed by atoms with van der Waals surface area (Å²) in [5, 5.41) is 0. The molecule has 1 aromatic rings. The van der Waals surface area contributed by atoms with Crippen molar-refractivity contribution < 1.29 is 4.42 Å². The Hall–Kier alpha value is -0.470. The standard InChI is InChI=1S/C6H9NO.ClH/c1-5-3-8-4-6(5)2-7;/h3-4H,2,7H2,1H3;1H. The molecule has 2 nitrogen and oxygen atoms in total. The molecule has 2 N–H and O–H groups in total. The molecule has 0 aliphatic heterocycles. The summed E-state index contributed by atoms with van der Waals surface area (Å²) in [6.45, 7) is 2.55. The lowest BCUT2D eigenvalue weighted by Crippen LogP contribution is -1.94. The van der Waals surface area contributed by atoms with Gasteiger partial charge in [0, 0.05) is 12.1 Å². The van der Waals surface area contributed by atoms with Crippen LogP contribution < -0.4 is 5.73 Å². The minimum absolute atomic E-state index is 0. The van der Waals surface area contributed by atoms with Gasteiger partial charge in [-0.3, -0.25) is 0 Å². The van der Waals surface area contributed by atoms with Crippen LogP contribution in [0.3, 0.4) is 0 Å². The van der Waals surface area contributed by atoms with Crippen LogP contribution in [0, 0.1) is 6.92 Å². The number of aryl methyl sites for hydroxylation is 1. The zero-order chi connectivity index (χ0) is 5.98. The average Bonchev–Trinajstić information content (AvgIpc) is 2.14. The van der Waals surface area contributed by atoms with E-state index in [2.05, 4.69) is 0 Å². The van der Waals surface area contributed by atoms with E-state index in [-0.39, 0.29) is 12.4 Å². The Morgan fingerprint density at radius 2 is 2.22 bits per heavy atom. The fourth-order valence-electron chi connectivity index (χ4n) is 0.596. The van der Waals surface area contributed by atoms with Crippen molar-refractivity contribution in [3.8, 4) is 0 Å². The molecule has 0 saturated heterocycles. The zero-order valence-electron chi connectivity index (χ0n) is 5.26. The van der Waals surface area contributed by atoms with Crippen molar-refractivity contribution in [1.29, 1.82) is 0 Å². The maximum Gasteiger partial charge on any atom is 0.0950 e. The smallest absolute Gasteiger partial charge is 0.0950 e. The molecule has 0 unspecified atom stereocenters. The van der Waals surface area contributed by atoms with Gasteiger partial charge in [-0.2, -0.15) is 0 Å². The first-order valence-corrected chi connectivity index (χ1v) is 2.56. The fourth-order valence-corrected chi connectivity index (χ4v) is 0.596. The molecule has 52 valence electrons. The molecule has 1 aromatic heterocycles. The molecule has 1 rings (SSSR count). The van der Waals surface area contributed by atoms with Crippen LogP contribution in [0.1, 0.15) is 11.1 Å². The van der Waals surface area contributed by atoms with E-state index in [0.29, 0.717) is 6.54 Å². The average molecular weight is 148 g/mol. The molecule has 0 saturated carbocycles. The van der Waals surface area contributed by atoms with Gasteiger partial charge >= 0.3 is 0 Å². The summed E-state index contributed by atoms with van der Waals surface area (Å²) >= 11 is 0. The van der Waals surface area contributed by atoms with Gasteiger partial charge in [0.25, 0.3) is 0 Å². The van der Waals surface area contributed by atoms with Crippen LogP contribution in [0.2, 0.25) is 0 Å². The van der Waals surface area contributed by atoms with Crippen molar-refractivity contribution in [3.05, 3.63) is 23.7 Å². The van der Waals surface area contributed by atoms with Gasteiger partial charge in [0.2, 0.25) is 0 Å². The summed E-state index contributed by atoms with van der Waals surface area (Å²) in [7, 11) is 0. The maximum atomic E-state index is 5.34. The molecule has 0 aromatic carbocycles. The largest absolute Gasteiger partial charge is 0.472 e. The molecule has 0 aliphatic carbocycles. The highest BCUT2D eigenvalue weighted by Crippen LogP contribution is 2.05. The van der Waals surface area contributed by atoms with Gasteiger partial charge in [0.05, 0.1) is 12.5 Å². The highest BCUT2D eigenvalue weighted by Gasteiger charge is 1.94.